The topological polar surface area (TPSA) is 58.6 Å². The summed E-state index contributed by atoms with van der Waals surface area (Å²) in [5.41, 5.74) is 0.293. The van der Waals surface area contributed by atoms with Crippen molar-refractivity contribution < 1.29 is 27.5 Å². The zero-order chi connectivity index (χ0) is 18.8. The van der Waals surface area contributed by atoms with E-state index in [1.165, 1.54) is 29.2 Å². The van der Waals surface area contributed by atoms with Crippen molar-refractivity contribution in [2.75, 3.05) is 6.54 Å². The van der Waals surface area contributed by atoms with E-state index in [-0.39, 0.29) is 36.1 Å². The normalized spacial score (nSPS) is 18.4. The van der Waals surface area contributed by atoms with Crippen LogP contribution in [0.5, 0.6) is 5.75 Å². The van der Waals surface area contributed by atoms with E-state index in [1.54, 1.807) is 0 Å². The summed E-state index contributed by atoms with van der Waals surface area (Å²) < 4.78 is 40.2. The van der Waals surface area contributed by atoms with E-state index in [9.17, 15) is 22.8 Å². The predicted molar refractivity (Wildman–Crippen MR) is 84.5 cm³/mol. The lowest BCUT2D eigenvalue weighted by molar-refractivity contribution is -0.274. The van der Waals surface area contributed by atoms with Crippen molar-refractivity contribution in [2.24, 2.45) is 5.92 Å². The Morgan fingerprint density at radius 3 is 2.36 bits per heavy atom. The van der Waals surface area contributed by atoms with Gasteiger partial charge in [-0.05, 0) is 38.5 Å². The first-order chi connectivity index (χ1) is 11.4. The summed E-state index contributed by atoms with van der Waals surface area (Å²) in [5, 5.41) is 2.85. The van der Waals surface area contributed by atoms with Crippen LogP contribution in [0, 0.1) is 5.92 Å². The van der Waals surface area contributed by atoms with Gasteiger partial charge in [0.1, 0.15) is 5.75 Å². The molecular formula is C17H21F3N2O3. The Morgan fingerprint density at radius 2 is 1.84 bits per heavy atom. The molecule has 2 rings (SSSR count). The quantitative estimate of drug-likeness (QED) is 0.900. The van der Waals surface area contributed by atoms with E-state index in [2.05, 4.69) is 10.1 Å². The van der Waals surface area contributed by atoms with E-state index >= 15 is 0 Å². The first kappa shape index (κ1) is 19.1. The Labute approximate surface area is 144 Å². The van der Waals surface area contributed by atoms with Gasteiger partial charge in [-0.15, -0.1) is 13.2 Å². The second kappa shape index (κ2) is 6.93. The molecule has 2 amide bonds. The highest BCUT2D eigenvalue weighted by Crippen LogP contribution is 2.25. The van der Waals surface area contributed by atoms with Gasteiger partial charge in [0, 0.05) is 25.0 Å². The molecule has 1 aromatic rings. The molecule has 1 aliphatic rings. The number of carbonyl (C=O) groups excluding carboxylic acids is 2. The minimum absolute atomic E-state index is 0.136. The van der Waals surface area contributed by atoms with Crippen molar-refractivity contribution in [3.8, 4) is 5.75 Å². The number of rotatable bonds is 4. The van der Waals surface area contributed by atoms with Gasteiger partial charge in [-0.25, -0.2) is 0 Å². The number of benzene rings is 1. The number of hydrogen-bond donors (Lipinski definition) is 1. The second-order valence-corrected chi connectivity index (χ2v) is 7.11. The summed E-state index contributed by atoms with van der Waals surface area (Å²) in [6, 6.07) is 5.34. The van der Waals surface area contributed by atoms with Crippen molar-refractivity contribution >= 4 is 11.8 Å². The molecule has 0 bridgehead atoms. The molecule has 1 aliphatic heterocycles. The Morgan fingerprint density at radius 1 is 1.24 bits per heavy atom. The molecule has 25 heavy (non-hydrogen) atoms. The number of halogens is 3. The molecule has 0 radical (unpaired) electrons. The van der Waals surface area contributed by atoms with Gasteiger partial charge in [-0.1, -0.05) is 12.1 Å². The minimum atomic E-state index is -4.74. The third kappa shape index (κ3) is 5.95. The molecule has 1 N–H and O–H groups in total. The molecule has 0 aliphatic carbocycles. The molecule has 5 nitrogen and oxygen atoms in total. The number of carbonyl (C=O) groups is 2. The van der Waals surface area contributed by atoms with Crippen molar-refractivity contribution in [2.45, 2.75) is 45.6 Å². The maximum atomic E-state index is 12.2. The van der Waals surface area contributed by atoms with Crippen LogP contribution in [0.4, 0.5) is 13.2 Å². The van der Waals surface area contributed by atoms with Crippen molar-refractivity contribution in [1.29, 1.82) is 0 Å². The number of nitrogens with one attached hydrogen (secondary N) is 1. The Hall–Kier alpha value is -2.25. The van der Waals surface area contributed by atoms with E-state index in [1.807, 2.05) is 20.8 Å². The van der Waals surface area contributed by atoms with Crippen molar-refractivity contribution in [1.82, 2.24) is 10.2 Å². The fourth-order valence-electron chi connectivity index (χ4n) is 2.59. The molecule has 0 aromatic heterocycles. The van der Waals surface area contributed by atoms with Gasteiger partial charge >= 0.3 is 6.36 Å². The summed E-state index contributed by atoms with van der Waals surface area (Å²) in [4.78, 5) is 25.8. The molecule has 1 atom stereocenters. The van der Waals surface area contributed by atoms with Crippen LogP contribution in [0.15, 0.2) is 24.3 Å². The van der Waals surface area contributed by atoms with Crippen LogP contribution in [-0.2, 0) is 16.1 Å². The van der Waals surface area contributed by atoms with Crippen LogP contribution in [0.25, 0.3) is 0 Å². The van der Waals surface area contributed by atoms with Crippen LogP contribution in [0.2, 0.25) is 0 Å². The number of likely N-dealkylation sites (tertiary alicyclic amines) is 1. The summed E-state index contributed by atoms with van der Waals surface area (Å²) in [6.45, 7) is 6.13. The summed E-state index contributed by atoms with van der Waals surface area (Å²) >= 11 is 0. The summed E-state index contributed by atoms with van der Waals surface area (Å²) in [6.07, 6.45) is -4.60. The zero-order valence-corrected chi connectivity index (χ0v) is 14.3. The predicted octanol–water partition coefficient (Wildman–Crippen LogP) is 2.85. The zero-order valence-electron chi connectivity index (χ0n) is 14.3. The largest absolute Gasteiger partial charge is 0.573 e. The van der Waals surface area contributed by atoms with Crippen LogP contribution in [-0.4, -0.2) is 35.2 Å². The molecule has 1 saturated heterocycles. The molecule has 1 fully saturated rings. The van der Waals surface area contributed by atoms with E-state index in [0.29, 0.717) is 12.1 Å². The lowest BCUT2D eigenvalue weighted by Crippen LogP contribution is -2.44. The number of ether oxygens (including phenoxy) is 1. The molecule has 138 valence electrons. The second-order valence-electron chi connectivity index (χ2n) is 7.11. The highest BCUT2D eigenvalue weighted by atomic mass is 19.4. The molecule has 0 spiro atoms. The molecule has 0 saturated carbocycles. The first-order valence-electron chi connectivity index (χ1n) is 7.87. The molecule has 0 unspecified atom stereocenters. The average Bonchev–Trinajstić information content (AvgIpc) is 2.79. The Kier molecular flexibility index (Phi) is 5.29. The highest BCUT2D eigenvalue weighted by Gasteiger charge is 2.35. The number of alkyl halides is 3. The standard InChI is InChI=1S/C17H21F3N2O3/c1-16(2,3)21-15(24)12-8-14(23)22(10-12)9-11-4-6-13(7-5-11)25-17(18,19)20/h4-7,12H,8-10H2,1-3H3,(H,21,24)/t12-/m0/s1. The van der Waals surface area contributed by atoms with Crippen molar-refractivity contribution in [3.05, 3.63) is 29.8 Å². The van der Waals surface area contributed by atoms with Gasteiger partial charge in [-0.2, -0.15) is 0 Å². The van der Waals surface area contributed by atoms with Crippen LogP contribution in [0.1, 0.15) is 32.8 Å². The molecule has 8 heteroatoms. The molecule has 1 aromatic carbocycles. The van der Waals surface area contributed by atoms with Crippen molar-refractivity contribution in [3.63, 3.8) is 0 Å². The molecular weight excluding hydrogens is 337 g/mol. The SMILES string of the molecule is CC(C)(C)NC(=O)[C@H]1CC(=O)N(Cc2ccc(OC(F)(F)F)cc2)C1. The molecule has 1 heterocycles. The monoisotopic (exact) mass is 358 g/mol. The number of hydrogen-bond acceptors (Lipinski definition) is 3. The van der Waals surface area contributed by atoms with Gasteiger partial charge in [0.25, 0.3) is 0 Å². The van der Waals surface area contributed by atoms with Crippen LogP contribution >= 0.6 is 0 Å². The first-order valence-corrected chi connectivity index (χ1v) is 7.87. The van der Waals surface area contributed by atoms with E-state index in [0.717, 1.165) is 0 Å². The Balaban J connectivity index is 1.94. The van der Waals surface area contributed by atoms with Gasteiger partial charge in [0.15, 0.2) is 0 Å². The lowest BCUT2D eigenvalue weighted by Gasteiger charge is -2.23. The lowest BCUT2D eigenvalue weighted by atomic mass is 10.0. The van der Waals surface area contributed by atoms with Gasteiger partial charge < -0.3 is 15.0 Å². The van der Waals surface area contributed by atoms with E-state index in [4.69, 9.17) is 0 Å². The maximum Gasteiger partial charge on any atom is 0.573 e. The van der Waals surface area contributed by atoms with Crippen LogP contribution < -0.4 is 10.1 Å². The van der Waals surface area contributed by atoms with Gasteiger partial charge in [0.2, 0.25) is 11.8 Å². The summed E-state index contributed by atoms with van der Waals surface area (Å²) in [5.74, 6) is -1.05. The number of amides is 2. The summed E-state index contributed by atoms with van der Waals surface area (Å²) in [7, 11) is 0. The Bertz CT molecular complexity index is 636. The smallest absolute Gasteiger partial charge is 0.406 e. The average molecular weight is 358 g/mol. The fourth-order valence-corrected chi connectivity index (χ4v) is 2.59. The third-order valence-electron chi connectivity index (χ3n) is 3.61. The van der Waals surface area contributed by atoms with Gasteiger partial charge in [0.05, 0.1) is 5.92 Å². The van der Waals surface area contributed by atoms with Crippen LogP contribution in [0.3, 0.4) is 0 Å². The number of nitrogens with zero attached hydrogens (tertiary/aromatic N) is 1. The third-order valence-corrected chi connectivity index (χ3v) is 3.61. The van der Waals surface area contributed by atoms with E-state index < -0.39 is 12.3 Å². The minimum Gasteiger partial charge on any atom is -0.406 e. The highest BCUT2D eigenvalue weighted by molar-refractivity contribution is 5.89. The fraction of sp³-hybridized carbons (Fsp3) is 0.529. The maximum absolute atomic E-state index is 12.2. The van der Waals surface area contributed by atoms with Gasteiger partial charge in [-0.3, -0.25) is 9.59 Å².